The summed E-state index contributed by atoms with van der Waals surface area (Å²) in [7, 11) is 0. The van der Waals surface area contributed by atoms with Gasteiger partial charge in [-0.2, -0.15) is 5.26 Å². The van der Waals surface area contributed by atoms with Gasteiger partial charge in [0, 0.05) is 24.6 Å². The molecule has 1 aliphatic heterocycles. The molecule has 0 aliphatic carbocycles. The number of hydrogen-bond donors (Lipinski definition) is 1. The molecule has 0 bridgehead atoms. The van der Waals surface area contributed by atoms with Crippen molar-refractivity contribution in [1.29, 1.82) is 5.26 Å². The van der Waals surface area contributed by atoms with Crippen LogP contribution in [0.15, 0.2) is 24.5 Å². The van der Waals surface area contributed by atoms with Crippen LogP contribution < -0.4 is 5.32 Å². The lowest BCUT2D eigenvalue weighted by Gasteiger charge is -2.14. The van der Waals surface area contributed by atoms with Crippen LogP contribution in [0.1, 0.15) is 24.4 Å². The number of carbonyl (C=O) groups is 1. The molecule has 0 saturated carbocycles. The molecule has 1 aliphatic rings. The predicted molar refractivity (Wildman–Crippen MR) is 59.7 cm³/mol. The minimum Gasteiger partial charge on any atom is -0.368 e. The molecular formula is C12H13N3O2. The fourth-order valence-electron chi connectivity index (χ4n) is 1.76. The van der Waals surface area contributed by atoms with Gasteiger partial charge in [-0.15, -0.1) is 0 Å². The SMILES string of the molecule is N#CC(NC(=O)C1CCCO1)c1cccnc1. The maximum absolute atomic E-state index is 11.8. The molecule has 88 valence electrons. The number of amides is 1. The molecule has 1 saturated heterocycles. The molecule has 1 fully saturated rings. The lowest BCUT2D eigenvalue weighted by Crippen LogP contribution is -2.36. The Morgan fingerprint density at radius 1 is 1.71 bits per heavy atom. The second-order valence-electron chi connectivity index (χ2n) is 3.86. The van der Waals surface area contributed by atoms with E-state index < -0.39 is 12.1 Å². The number of hydrogen-bond acceptors (Lipinski definition) is 4. The third kappa shape index (κ3) is 2.80. The zero-order chi connectivity index (χ0) is 12.1. The minimum atomic E-state index is -0.666. The van der Waals surface area contributed by atoms with Gasteiger partial charge in [-0.1, -0.05) is 6.07 Å². The van der Waals surface area contributed by atoms with Crippen LogP contribution in [0.25, 0.3) is 0 Å². The molecule has 1 amide bonds. The standard InChI is InChI=1S/C12H13N3O2/c13-7-10(9-3-1-5-14-8-9)15-12(16)11-4-2-6-17-11/h1,3,5,8,10-11H,2,4,6H2,(H,15,16). The number of nitriles is 1. The maximum Gasteiger partial charge on any atom is 0.250 e. The highest BCUT2D eigenvalue weighted by molar-refractivity contribution is 5.81. The Kier molecular flexibility index (Phi) is 3.68. The average molecular weight is 231 g/mol. The minimum absolute atomic E-state index is 0.224. The van der Waals surface area contributed by atoms with Crippen LogP contribution >= 0.6 is 0 Å². The molecular weight excluding hydrogens is 218 g/mol. The highest BCUT2D eigenvalue weighted by Gasteiger charge is 2.25. The topological polar surface area (TPSA) is 75.0 Å². The summed E-state index contributed by atoms with van der Waals surface area (Å²) in [5, 5.41) is 11.7. The molecule has 0 aromatic carbocycles. The Morgan fingerprint density at radius 2 is 2.59 bits per heavy atom. The van der Waals surface area contributed by atoms with Crippen LogP contribution in [0.5, 0.6) is 0 Å². The molecule has 2 unspecified atom stereocenters. The average Bonchev–Trinajstić information content (AvgIpc) is 2.90. The molecule has 1 aromatic heterocycles. The fourth-order valence-corrected chi connectivity index (χ4v) is 1.76. The van der Waals surface area contributed by atoms with Gasteiger partial charge in [0.15, 0.2) is 0 Å². The molecule has 1 aromatic rings. The van der Waals surface area contributed by atoms with Crippen molar-refractivity contribution < 1.29 is 9.53 Å². The van der Waals surface area contributed by atoms with Gasteiger partial charge in [0.2, 0.25) is 5.91 Å². The van der Waals surface area contributed by atoms with Gasteiger partial charge in [0.05, 0.1) is 6.07 Å². The Labute approximate surface area is 99.4 Å². The van der Waals surface area contributed by atoms with Crippen molar-refractivity contribution in [3.63, 3.8) is 0 Å². The van der Waals surface area contributed by atoms with Crippen LogP contribution in [0.4, 0.5) is 0 Å². The lowest BCUT2D eigenvalue weighted by molar-refractivity contribution is -0.130. The molecule has 1 N–H and O–H groups in total. The lowest BCUT2D eigenvalue weighted by atomic mass is 10.1. The van der Waals surface area contributed by atoms with Crippen LogP contribution in [0.2, 0.25) is 0 Å². The van der Waals surface area contributed by atoms with E-state index in [1.807, 2.05) is 6.07 Å². The van der Waals surface area contributed by atoms with E-state index >= 15 is 0 Å². The van der Waals surface area contributed by atoms with Crippen LogP contribution in [-0.2, 0) is 9.53 Å². The summed E-state index contributed by atoms with van der Waals surface area (Å²) in [6.07, 6.45) is 4.39. The molecule has 2 atom stereocenters. The molecule has 2 rings (SSSR count). The van der Waals surface area contributed by atoms with Crippen LogP contribution in [-0.4, -0.2) is 23.6 Å². The highest BCUT2D eigenvalue weighted by atomic mass is 16.5. The molecule has 17 heavy (non-hydrogen) atoms. The van der Waals surface area contributed by atoms with Gasteiger partial charge in [0.1, 0.15) is 12.1 Å². The quantitative estimate of drug-likeness (QED) is 0.840. The summed E-state index contributed by atoms with van der Waals surface area (Å²) in [6.45, 7) is 0.613. The smallest absolute Gasteiger partial charge is 0.250 e. The van der Waals surface area contributed by atoms with E-state index in [2.05, 4.69) is 10.3 Å². The maximum atomic E-state index is 11.8. The summed E-state index contributed by atoms with van der Waals surface area (Å²) in [5.74, 6) is -0.224. The van der Waals surface area contributed by atoms with E-state index in [4.69, 9.17) is 10.00 Å². The van der Waals surface area contributed by atoms with Crippen molar-refractivity contribution in [2.75, 3.05) is 6.61 Å². The molecule has 5 nitrogen and oxygen atoms in total. The van der Waals surface area contributed by atoms with Gasteiger partial charge in [-0.05, 0) is 18.9 Å². The van der Waals surface area contributed by atoms with Gasteiger partial charge in [-0.3, -0.25) is 9.78 Å². The summed E-state index contributed by atoms with van der Waals surface area (Å²) >= 11 is 0. The summed E-state index contributed by atoms with van der Waals surface area (Å²) in [5.41, 5.74) is 0.682. The number of ether oxygens (including phenoxy) is 1. The van der Waals surface area contributed by atoms with Crippen molar-refractivity contribution in [3.8, 4) is 6.07 Å². The van der Waals surface area contributed by atoms with E-state index in [0.717, 1.165) is 12.8 Å². The van der Waals surface area contributed by atoms with Crippen LogP contribution in [0, 0.1) is 11.3 Å². The summed E-state index contributed by atoms with van der Waals surface area (Å²) < 4.78 is 5.26. The zero-order valence-corrected chi connectivity index (χ0v) is 9.30. The first-order valence-corrected chi connectivity index (χ1v) is 5.53. The first kappa shape index (κ1) is 11.6. The van der Waals surface area contributed by atoms with Gasteiger partial charge >= 0.3 is 0 Å². The Hall–Kier alpha value is -1.93. The number of nitrogens with one attached hydrogen (secondary N) is 1. The molecule has 0 radical (unpaired) electrons. The van der Waals surface area contributed by atoms with Crippen molar-refractivity contribution >= 4 is 5.91 Å². The fraction of sp³-hybridized carbons (Fsp3) is 0.417. The highest BCUT2D eigenvalue weighted by Crippen LogP contribution is 2.15. The van der Waals surface area contributed by atoms with E-state index in [0.29, 0.717) is 12.2 Å². The molecule has 5 heteroatoms. The third-order valence-corrected chi connectivity index (χ3v) is 2.66. The normalized spacial score (nSPS) is 20.5. The Balaban J connectivity index is 2.01. The second-order valence-corrected chi connectivity index (χ2v) is 3.86. The van der Waals surface area contributed by atoms with Gasteiger partial charge in [-0.25, -0.2) is 0 Å². The van der Waals surface area contributed by atoms with E-state index in [9.17, 15) is 4.79 Å². The molecule has 2 heterocycles. The summed E-state index contributed by atoms with van der Waals surface area (Å²) in [4.78, 5) is 15.7. The van der Waals surface area contributed by atoms with Crippen LogP contribution in [0.3, 0.4) is 0 Å². The summed E-state index contributed by atoms with van der Waals surface area (Å²) in [6, 6.07) is 4.87. The van der Waals surface area contributed by atoms with E-state index in [1.165, 1.54) is 0 Å². The number of aromatic nitrogens is 1. The van der Waals surface area contributed by atoms with E-state index in [-0.39, 0.29) is 5.91 Å². The van der Waals surface area contributed by atoms with Gasteiger partial charge < -0.3 is 10.1 Å². The van der Waals surface area contributed by atoms with Crippen molar-refractivity contribution in [2.24, 2.45) is 0 Å². The predicted octanol–water partition coefficient (Wildman–Crippen LogP) is 0.941. The number of rotatable bonds is 3. The Morgan fingerprint density at radius 3 is 3.18 bits per heavy atom. The van der Waals surface area contributed by atoms with E-state index in [1.54, 1.807) is 24.5 Å². The molecule has 0 spiro atoms. The largest absolute Gasteiger partial charge is 0.368 e. The number of nitrogens with zero attached hydrogens (tertiary/aromatic N) is 2. The number of pyridine rings is 1. The first-order chi connectivity index (χ1) is 8.31. The monoisotopic (exact) mass is 231 g/mol. The van der Waals surface area contributed by atoms with Gasteiger partial charge in [0.25, 0.3) is 0 Å². The van der Waals surface area contributed by atoms with Crippen molar-refractivity contribution in [2.45, 2.75) is 25.0 Å². The Bertz CT molecular complexity index is 421. The third-order valence-electron chi connectivity index (χ3n) is 2.66. The second kappa shape index (κ2) is 5.41. The van der Waals surface area contributed by atoms with Crippen molar-refractivity contribution in [3.05, 3.63) is 30.1 Å². The first-order valence-electron chi connectivity index (χ1n) is 5.53. The van der Waals surface area contributed by atoms with Crippen molar-refractivity contribution in [1.82, 2.24) is 10.3 Å². The number of carbonyl (C=O) groups excluding carboxylic acids is 1. The zero-order valence-electron chi connectivity index (χ0n) is 9.30.